The summed E-state index contributed by atoms with van der Waals surface area (Å²) in [5, 5.41) is 3.71. The third kappa shape index (κ3) is 4.61. The van der Waals surface area contributed by atoms with E-state index in [-0.39, 0.29) is 16.9 Å². The Bertz CT molecular complexity index is 285. The topological polar surface area (TPSA) is 24.5 Å². The molecule has 1 N–H and O–H groups in total. The van der Waals surface area contributed by atoms with Crippen molar-refractivity contribution in [2.24, 2.45) is 5.92 Å². The van der Waals surface area contributed by atoms with Crippen molar-refractivity contribution in [1.82, 2.24) is 10.2 Å². The Kier molecular flexibility index (Phi) is 6.43. The minimum atomic E-state index is 0.127. The van der Waals surface area contributed by atoms with Crippen LogP contribution >= 0.6 is 23.2 Å². The number of halogens is 2. The molecule has 0 aromatic heterocycles. The lowest BCUT2D eigenvalue weighted by molar-refractivity contribution is -0.00227. The molecule has 19 heavy (non-hydrogen) atoms. The lowest BCUT2D eigenvalue weighted by Gasteiger charge is -2.37. The molecular weight excluding hydrogens is 283 g/mol. The molecule has 0 aromatic rings. The number of nitrogens with one attached hydrogen (secondary N) is 1. The first-order chi connectivity index (χ1) is 9.20. The molecule has 1 aliphatic carbocycles. The fourth-order valence-corrected chi connectivity index (χ4v) is 3.89. The summed E-state index contributed by atoms with van der Waals surface area (Å²) < 4.78 is 5.98. The van der Waals surface area contributed by atoms with Crippen LogP contribution in [0.2, 0.25) is 0 Å². The fraction of sp³-hybridized carbons (Fsp3) is 0.857. The Hall–Kier alpha value is 0.200. The smallest absolute Gasteiger partial charge is 0.0748 e. The molecule has 0 radical (unpaired) electrons. The molecule has 3 nitrogen and oxygen atoms in total. The van der Waals surface area contributed by atoms with Gasteiger partial charge in [0.05, 0.1) is 12.7 Å². The molecule has 1 saturated heterocycles. The summed E-state index contributed by atoms with van der Waals surface area (Å²) in [5.41, 5.74) is 0. The average molecular weight is 307 g/mol. The van der Waals surface area contributed by atoms with Crippen molar-refractivity contribution >= 4 is 23.2 Å². The lowest BCUT2D eigenvalue weighted by Crippen LogP contribution is -2.43. The normalized spacial score (nSPS) is 34.3. The highest BCUT2D eigenvalue weighted by Crippen LogP contribution is 2.35. The number of rotatable bonds is 6. The summed E-state index contributed by atoms with van der Waals surface area (Å²) >= 11 is 12.7. The van der Waals surface area contributed by atoms with Crippen LogP contribution in [0.4, 0.5) is 0 Å². The van der Waals surface area contributed by atoms with Gasteiger partial charge in [-0.25, -0.2) is 0 Å². The van der Waals surface area contributed by atoms with Crippen molar-refractivity contribution in [1.29, 1.82) is 0 Å². The van der Waals surface area contributed by atoms with Gasteiger partial charge < -0.3 is 10.1 Å². The van der Waals surface area contributed by atoms with Gasteiger partial charge in [-0.3, -0.25) is 4.90 Å². The average Bonchev–Trinajstić information content (AvgIpc) is 2.88. The highest BCUT2D eigenvalue weighted by Gasteiger charge is 2.35. The predicted molar refractivity (Wildman–Crippen MR) is 81.0 cm³/mol. The van der Waals surface area contributed by atoms with Crippen molar-refractivity contribution in [3.05, 3.63) is 12.7 Å². The Morgan fingerprint density at radius 1 is 1.42 bits per heavy atom. The number of alkyl halides is 2. The molecule has 1 heterocycles. The van der Waals surface area contributed by atoms with Crippen LogP contribution in [0.5, 0.6) is 0 Å². The largest absolute Gasteiger partial charge is 0.373 e. The Morgan fingerprint density at radius 3 is 2.89 bits per heavy atom. The van der Waals surface area contributed by atoms with Gasteiger partial charge in [-0.1, -0.05) is 6.08 Å². The van der Waals surface area contributed by atoms with E-state index in [1.807, 2.05) is 6.08 Å². The molecule has 0 spiro atoms. The number of ether oxygens (including phenoxy) is 1. The second-order valence-electron chi connectivity index (χ2n) is 5.49. The number of nitrogens with zero attached hydrogens (tertiary/aromatic N) is 1. The van der Waals surface area contributed by atoms with Gasteiger partial charge in [0, 0.05) is 43.0 Å². The van der Waals surface area contributed by atoms with E-state index in [4.69, 9.17) is 27.9 Å². The van der Waals surface area contributed by atoms with Crippen LogP contribution in [0.1, 0.15) is 19.3 Å². The monoisotopic (exact) mass is 306 g/mol. The summed E-state index contributed by atoms with van der Waals surface area (Å²) in [4.78, 5) is 2.39. The van der Waals surface area contributed by atoms with Gasteiger partial charge in [-0.2, -0.15) is 0 Å². The van der Waals surface area contributed by atoms with Crippen molar-refractivity contribution in [3.8, 4) is 0 Å². The van der Waals surface area contributed by atoms with Gasteiger partial charge in [0.2, 0.25) is 0 Å². The molecule has 0 bridgehead atoms. The SMILES string of the molecule is C=CCOC(CN1CCNC1)C1CCC(Cl)CC1Cl. The molecular formula is C14H24Cl2N2O. The maximum Gasteiger partial charge on any atom is 0.0748 e. The highest BCUT2D eigenvalue weighted by molar-refractivity contribution is 6.24. The number of hydrogen-bond acceptors (Lipinski definition) is 3. The second-order valence-corrected chi connectivity index (χ2v) is 6.66. The van der Waals surface area contributed by atoms with E-state index in [2.05, 4.69) is 16.8 Å². The first kappa shape index (κ1) is 15.6. The van der Waals surface area contributed by atoms with Crippen molar-refractivity contribution in [2.75, 3.05) is 32.9 Å². The van der Waals surface area contributed by atoms with E-state index < -0.39 is 0 Å². The van der Waals surface area contributed by atoms with E-state index in [9.17, 15) is 0 Å². The zero-order chi connectivity index (χ0) is 13.7. The van der Waals surface area contributed by atoms with Crippen molar-refractivity contribution in [2.45, 2.75) is 36.1 Å². The zero-order valence-corrected chi connectivity index (χ0v) is 12.9. The van der Waals surface area contributed by atoms with Crippen LogP contribution in [0.15, 0.2) is 12.7 Å². The molecule has 0 aromatic carbocycles. The summed E-state index contributed by atoms with van der Waals surface area (Å²) in [6, 6.07) is 0. The quantitative estimate of drug-likeness (QED) is 0.602. The standard InChI is InChI=1S/C14H24Cl2N2O/c1-2-7-19-14(9-18-6-5-17-10-18)12-4-3-11(15)8-13(12)16/h2,11-14,17H,1,3-10H2. The minimum absolute atomic E-state index is 0.127. The van der Waals surface area contributed by atoms with Gasteiger partial charge in [0.25, 0.3) is 0 Å². The molecule has 110 valence electrons. The Morgan fingerprint density at radius 2 is 2.26 bits per heavy atom. The van der Waals surface area contributed by atoms with E-state index in [0.717, 1.165) is 45.6 Å². The molecule has 0 amide bonds. The van der Waals surface area contributed by atoms with Gasteiger partial charge in [-0.15, -0.1) is 29.8 Å². The van der Waals surface area contributed by atoms with E-state index >= 15 is 0 Å². The van der Waals surface area contributed by atoms with E-state index in [1.165, 1.54) is 0 Å². The maximum absolute atomic E-state index is 6.51. The van der Waals surface area contributed by atoms with Crippen LogP contribution in [-0.2, 0) is 4.74 Å². The van der Waals surface area contributed by atoms with Gasteiger partial charge in [-0.05, 0) is 19.3 Å². The van der Waals surface area contributed by atoms with Crippen molar-refractivity contribution in [3.63, 3.8) is 0 Å². The molecule has 2 aliphatic rings. The second kappa shape index (κ2) is 7.84. The highest BCUT2D eigenvalue weighted by atomic mass is 35.5. The first-order valence-electron chi connectivity index (χ1n) is 7.14. The van der Waals surface area contributed by atoms with Gasteiger partial charge in [0.15, 0.2) is 0 Å². The fourth-order valence-electron chi connectivity index (χ4n) is 2.98. The zero-order valence-electron chi connectivity index (χ0n) is 11.4. The molecule has 4 atom stereocenters. The van der Waals surface area contributed by atoms with Crippen molar-refractivity contribution < 1.29 is 4.74 Å². The number of hydrogen-bond donors (Lipinski definition) is 1. The summed E-state index contributed by atoms with van der Waals surface area (Å²) in [7, 11) is 0. The van der Waals surface area contributed by atoms with Crippen LogP contribution in [0, 0.1) is 5.92 Å². The maximum atomic E-state index is 6.51. The third-order valence-electron chi connectivity index (χ3n) is 4.04. The van der Waals surface area contributed by atoms with E-state index in [1.54, 1.807) is 0 Å². The Labute approximate surface area is 126 Å². The van der Waals surface area contributed by atoms with Gasteiger partial charge in [0.1, 0.15) is 0 Å². The summed E-state index contributed by atoms with van der Waals surface area (Å²) in [6.45, 7) is 8.38. The Balaban J connectivity index is 1.92. The third-order valence-corrected chi connectivity index (χ3v) is 4.94. The van der Waals surface area contributed by atoms with Gasteiger partial charge >= 0.3 is 0 Å². The van der Waals surface area contributed by atoms with Crippen LogP contribution in [0.3, 0.4) is 0 Å². The predicted octanol–water partition coefficient (Wildman–Crippen LogP) is 2.44. The molecule has 5 heteroatoms. The summed E-state index contributed by atoms with van der Waals surface area (Å²) in [5.74, 6) is 0.400. The van der Waals surface area contributed by atoms with Crippen LogP contribution in [0.25, 0.3) is 0 Å². The van der Waals surface area contributed by atoms with Crippen LogP contribution < -0.4 is 5.32 Å². The molecule has 4 unspecified atom stereocenters. The molecule has 2 fully saturated rings. The minimum Gasteiger partial charge on any atom is -0.373 e. The molecule has 1 aliphatic heterocycles. The summed E-state index contributed by atoms with van der Waals surface area (Å²) in [6.07, 6.45) is 4.99. The van der Waals surface area contributed by atoms with E-state index in [0.29, 0.717) is 12.5 Å². The molecule has 1 saturated carbocycles. The molecule has 2 rings (SSSR count). The van der Waals surface area contributed by atoms with Crippen LogP contribution in [-0.4, -0.2) is 54.7 Å². The lowest BCUT2D eigenvalue weighted by atomic mass is 9.84. The first-order valence-corrected chi connectivity index (χ1v) is 8.01.